The maximum absolute atomic E-state index is 13.6. The Morgan fingerprint density at radius 1 is 1.19 bits per heavy atom. The molecule has 2 aliphatic heterocycles. The van der Waals surface area contributed by atoms with E-state index in [1.165, 1.54) is 0 Å². The molecular weight excluding hydrogens is 362 g/mol. The van der Waals surface area contributed by atoms with Crippen LogP contribution in [0, 0.1) is 5.92 Å². The average molecular weight is 394 g/mol. The standard InChI is InChI=1S/C20H31N3O3S/c1-3-27(25,26)23-13-10-20(11-14-23,18-7-5-4-6-8-18)19(24)22-12-9-17(16-22)15-21-2/h4-8,17,21H,3,9-16H2,1-2H3. The first-order chi connectivity index (χ1) is 12.9. The van der Waals surface area contributed by atoms with Crippen LogP contribution < -0.4 is 5.32 Å². The predicted molar refractivity (Wildman–Crippen MR) is 107 cm³/mol. The molecule has 6 nitrogen and oxygen atoms in total. The van der Waals surface area contributed by atoms with Crippen molar-refractivity contribution in [1.29, 1.82) is 0 Å². The summed E-state index contributed by atoms with van der Waals surface area (Å²) >= 11 is 0. The number of likely N-dealkylation sites (tertiary alicyclic amines) is 1. The number of nitrogens with one attached hydrogen (secondary N) is 1. The number of rotatable bonds is 6. The van der Waals surface area contributed by atoms with Gasteiger partial charge in [-0.3, -0.25) is 4.79 Å². The van der Waals surface area contributed by atoms with Gasteiger partial charge in [0.15, 0.2) is 0 Å². The Hall–Kier alpha value is -1.44. The maximum Gasteiger partial charge on any atom is 0.233 e. The van der Waals surface area contributed by atoms with E-state index < -0.39 is 15.4 Å². The molecule has 0 spiro atoms. The fraction of sp³-hybridized carbons (Fsp3) is 0.650. The van der Waals surface area contributed by atoms with Crippen molar-refractivity contribution in [3.05, 3.63) is 35.9 Å². The molecule has 2 heterocycles. The topological polar surface area (TPSA) is 69.7 Å². The molecule has 1 aromatic carbocycles. The summed E-state index contributed by atoms with van der Waals surface area (Å²) in [7, 11) is -1.27. The molecule has 150 valence electrons. The maximum atomic E-state index is 13.6. The van der Waals surface area contributed by atoms with Gasteiger partial charge >= 0.3 is 0 Å². The van der Waals surface area contributed by atoms with Crippen LogP contribution in [0.4, 0.5) is 0 Å². The first-order valence-corrected chi connectivity index (χ1v) is 11.5. The number of carbonyl (C=O) groups is 1. The molecule has 1 aromatic rings. The lowest BCUT2D eigenvalue weighted by molar-refractivity contribution is -0.138. The molecule has 0 aliphatic carbocycles. The van der Waals surface area contributed by atoms with Crippen molar-refractivity contribution in [1.82, 2.24) is 14.5 Å². The van der Waals surface area contributed by atoms with Crippen LogP contribution in [0.1, 0.15) is 31.7 Å². The summed E-state index contributed by atoms with van der Waals surface area (Å²) < 4.78 is 26.1. The van der Waals surface area contributed by atoms with Crippen molar-refractivity contribution in [2.75, 3.05) is 45.5 Å². The number of piperidine rings is 1. The van der Waals surface area contributed by atoms with E-state index in [-0.39, 0.29) is 11.7 Å². The minimum Gasteiger partial charge on any atom is -0.342 e. The third-order valence-electron chi connectivity index (χ3n) is 6.14. The molecule has 27 heavy (non-hydrogen) atoms. The smallest absolute Gasteiger partial charge is 0.233 e. The van der Waals surface area contributed by atoms with E-state index in [4.69, 9.17) is 0 Å². The van der Waals surface area contributed by atoms with Crippen molar-refractivity contribution >= 4 is 15.9 Å². The van der Waals surface area contributed by atoms with Gasteiger partial charge in [0, 0.05) is 26.2 Å². The molecule has 2 fully saturated rings. The highest BCUT2D eigenvalue weighted by molar-refractivity contribution is 7.89. The number of sulfonamides is 1. The molecule has 2 aliphatic rings. The molecule has 3 rings (SSSR count). The zero-order valence-electron chi connectivity index (χ0n) is 16.4. The van der Waals surface area contributed by atoms with Gasteiger partial charge in [0.2, 0.25) is 15.9 Å². The highest BCUT2D eigenvalue weighted by Crippen LogP contribution is 2.39. The van der Waals surface area contributed by atoms with Crippen molar-refractivity contribution in [2.45, 2.75) is 31.6 Å². The van der Waals surface area contributed by atoms with Gasteiger partial charge in [-0.15, -0.1) is 0 Å². The van der Waals surface area contributed by atoms with Gasteiger partial charge in [-0.2, -0.15) is 0 Å². The molecule has 0 aromatic heterocycles. The van der Waals surface area contributed by atoms with Crippen LogP contribution in [0.15, 0.2) is 30.3 Å². The monoisotopic (exact) mass is 393 g/mol. The lowest BCUT2D eigenvalue weighted by atomic mass is 9.72. The molecule has 0 saturated carbocycles. The van der Waals surface area contributed by atoms with Crippen LogP contribution in [0.5, 0.6) is 0 Å². The van der Waals surface area contributed by atoms with Crippen molar-refractivity contribution in [2.24, 2.45) is 5.92 Å². The first-order valence-electron chi connectivity index (χ1n) is 9.90. The molecule has 2 saturated heterocycles. The summed E-state index contributed by atoms with van der Waals surface area (Å²) in [6.45, 7) is 4.98. The summed E-state index contributed by atoms with van der Waals surface area (Å²) in [5.74, 6) is 0.769. The van der Waals surface area contributed by atoms with Gasteiger partial charge in [0.25, 0.3) is 0 Å². The summed E-state index contributed by atoms with van der Waals surface area (Å²) in [5, 5.41) is 3.21. The van der Waals surface area contributed by atoms with Crippen molar-refractivity contribution in [3.8, 4) is 0 Å². The number of amides is 1. The second-order valence-corrected chi connectivity index (χ2v) is 9.97. The molecular formula is C20H31N3O3S. The number of nitrogens with zero attached hydrogens (tertiary/aromatic N) is 2. The Bertz CT molecular complexity index is 743. The number of benzene rings is 1. The van der Waals surface area contributed by atoms with Gasteiger partial charge < -0.3 is 10.2 Å². The largest absolute Gasteiger partial charge is 0.342 e. The minimum absolute atomic E-state index is 0.108. The second kappa shape index (κ2) is 8.29. The molecule has 0 radical (unpaired) electrons. The minimum atomic E-state index is -3.21. The van der Waals surface area contributed by atoms with E-state index >= 15 is 0 Å². The summed E-state index contributed by atoms with van der Waals surface area (Å²) in [4.78, 5) is 15.6. The fourth-order valence-corrected chi connectivity index (χ4v) is 5.59. The lowest BCUT2D eigenvalue weighted by Gasteiger charge is -2.42. The quantitative estimate of drug-likeness (QED) is 0.794. The van der Waals surface area contributed by atoms with E-state index in [1.54, 1.807) is 11.2 Å². The van der Waals surface area contributed by atoms with E-state index in [0.29, 0.717) is 31.8 Å². The van der Waals surface area contributed by atoms with Crippen LogP contribution in [0.2, 0.25) is 0 Å². The predicted octanol–water partition coefficient (Wildman–Crippen LogP) is 1.44. The van der Waals surface area contributed by atoms with Gasteiger partial charge in [-0.25, -0.2) is 12.7 Å². The Labute approximate surface area is 163 Å². The number of hydrogen-bond donors (Lipinski definition) is 1. The third kappa shape index (κ3) is 4.05. The van der Waals surface area contributed by atoms with Crippen molar-refractivity contribution in [3.63, 3.8) is 0 Å². The third-order valence-corrected chi connectivity index (χ3v) is 8.02. The van der Waals surface area contributed by atoms with Gasteiger partial charge in [0.1, 0.15) is 0 Å². The SMILES string of the molecule is CCS(=O)(=O)N1CCC(C(=O)N2CCC(CNC)C2)(c2ccccc2)CC1. The highest BCUT2D eigenvalue weighted by Gasteiger charge is 2.47. The average Bonchev–Trinajstić information content (AvgIpc) is 3.17. The van der Waals surface area contributed by atoms with Crippen LogP contribution in [0.25, 0.3) is 0 Å². The Balaban J connectivity index is 1.84. The summed E-state index contributed by atoms with van der Waals surface area (Å²) in [5.41, 5.74) is 0.399. The molecule has 1 unspecified atom stereocenters. The lowest BCUT2D eigenvalue weighted by Crippen LogP contribution is -2.53. The number of hydrogen-bond acceptors (Lipinski definition) is 4. The Morgan fingerprint density at radius 3 is 2.44 bits per heavy atom. The second-order valence-electron chi connectivity index (χ2n) is 7.71. The molecule has 7 heteroatoms. The molecule has 1 amide bonds. The molecule has 1 N–H and O–H groups in total. The molecule has 1 atom stereocenters. The normalized spacial score (nSPS) is 23.5. The van der Waals surface area contributed by atoms with Crippen LogP contribution >= 0.6 is 0 Å². The van der Waals surface area contributed by atoms with E-state index in [9.17, 15) is 13.2 Å². The van der Waals surface area contributed by atoms with E-state index in [2.05, 4.69) is 5.32 Å². The van der Waals surface area contributed by atoms with Crippen LogP contribution in [-0.2, 0) is 20.2 Å². The van der Waals surface area contributed by atoms with Gasteiger partial charge in [-0.05, 0) is 51.3 Å². The number of carbonyl (C=O) groups excluding carboxylic acids is 1. The van der Waals surface area contributed by atoms with Crippen LogP contribution in [-0.4, -0.2) is 69.1 Å². The van der Waals surface area contributed by atoms with E-state index in [1.807, 2.05) is 42.3 Å². The van der Waals surface area contributed by atoms with Gasteiger partial charge in [-0.1, -0.05) is 30.3 Å². The molecule has 0 bridgehead atoms. The van der Waals surface area contributed by atoms with Gasteiger partial charge in [0.05, 0.1) is 11.2 Å². The Kier molecular flexibility index (Phi) is 6.23. The zero-order chi connectivity index (χ0) is 19.5. The first kappa shape index (κ1) is 20.3. The summed E-state index contributed by atoms with van der Waals surface area (Å²) in [6, 6.07) is 9.92. The van der Waals surface area contributed by atoms with Crippen LogP contribution in [0.3, 0.4) is 0 Å². The fourth-order valence-electron chi connectivity index (χ4n) is 4.49. The summed E-state index contributed by atoms with van der Waals surface area (Å²) in [6.07, 6.45) is 2.11. The Morgan fingerprint density at radius 2 is 1.85 bits per heavy atom. The highest BCUT2D eigenvalue weighted by atomic mass is 32.2. The van der Waals surface area contributed by atoms with Crippen molar-refractivity contribution < 1.29 is 13.2 Å². The zero-order valence-corrected chi connectivity index (χ0v) is 17.2. The van der Waals surface area contributed by atoms with E-state index in [0.717, 1.165) is 31.6 Å².